The molecule has 1 fully saturated rings. The normalized spacial score (nSPS) is 17.5. The van der Waals surface area contributed by atoms with E-state index in [-0.39, 0.29) is 0 Å². The van der Waals surface area contributed by atoms with Gasteiger partial charge in [-0.15, -0.1) is 0 Å². The van der Waals surface area contributed by atoms with Gasteiger partial charge in [0.1, 0.15) is 5.52 Å². The third-order valence-corrected chi connectivity index (χ3v) is 3.42. The first-order valence-corrected chi connectivity index (χ1v) is 6.34. The molecule has 6 heteroatoms. The number of anilines is 1. The highest BCUT2D eigenvalue weighted by molar-refractivity contribution is 5.68. The number of hydrogen-bond acceptors (Lipinski definition) is 5. The fraction of sp³-hybridized carbons (Fsp3) is 0.500. The highest BCUT2D eigenvalue weighted by Gasteiger charge is 2.19. The van der Waals surface area contributed by atoms with Crippen molar-refractivity contribution in [3.63, 3.8) is 0 Å². The van der Waals surface area contributed by atoms with Crippen LogP contribution in [0, 0.1) is 0 Å². The molecule has 2 aromatic rings. The van der Waals surface area contributed by atoms with Crippen molar-refractivity contribution in [3.8, 4) is 0 Å². The Bertz CT molecular complexity index is 514. The van der Waals surface area contributed by atoms with Crippen molar-refractivity contribution in [2.75, 3.05) is 44.2 Å². The van der Waals surface area contributed by atoms with Crippen LogP contribution in [-0.2, 0) is 0 Å². The second-order valence-corrected chi connectivity index (χ2v) is 4.53. The van der Waals surface area contributed by atoms with E-state index in [0.717, 1.165) is 50.6 Å². The van der Waals surface area contributed by atoms with Gasteiger partial charge in [0.2, 0.25) is 0 Å². The molecule has 0 unspecified atom stereocenters. The molecule has 6 nitrogen and oxygen atoms in total. The van der Waals surface area contributed by atoms with Crippen LogP contribution >= 0.6 is 0 Å². The van der Waals surface area contributed by atoms with Gasteiger partial charge >= 0.3 is 0 Å². The molecular weight excluding hydrogens is 228 g/mol. The van der Waals surface area contributed by atoms with E-state index >= 15 is 0 Å². The van der Waals surface area contributed by atoms with E-state index in [9.17, 15) is 0 Å². The molecule has 96 valence electrons. The molecule has 1 aliphatic rings. The van der Waals surface area contributed by atoms with Gasteiger partial charge in [-0.1, -0.05) is 0 Å². The Kier molecular flexibility index (Phi) is 3.12. The molecule has 0 atom stereocenters. The number of hydrogen-bond donors (Lipinski definition) is 1. The lowest BCUT2D eigenvalue weighted by molar-refractivity contribution is 0.264. The zero-order chi connectivity index (χ0) is 12.4. The summed E-state index contributed by atoms with van der Waals surface area (Å²) in [6.07, 6.45) is 5.50. The molecule has 0 radical (unpaired) electrons. The molecular formula is C12H18N6. The molecule has 0 amide bonds. The van der Waals surface area contributed by atoms with Crippen molar-refractivity contribution in [3.05, 3.63) is 24.7 Å². The fourth-order valence-corrected chi connectivity index (χ4v) is 2.45. The lowest BCUT2D eigenvalue weighted by atomic mass is 10.3. The van der Waals surface area contributed by atoms with Gasteiger partial charge in [0.15, 0.2) is 5.82 Å². The highest BCUT2D eigenvalue weighted by atomic mass is 15.3. The minimum absolute atomic E-state index is 0.733. The summed E-state index contributed by atoms with van der Waals surface area (Å²) < 4.78 is 1.87. The van der Waals surface area contributed by atoms with Gasteiger partial charge in [0, 0.05) is 51.7 Å². The molecule has 2 aromatic heterocycles. The maximum absolute atomic E-state index is 5.59. The van der Waals surface area contributed by atoms with Crippen LogP contribution in [0.5, 0.6) is 0 Å². The quantitative estimate of drug-likeness (QED) is 0.813. The van der Waals surface area contributed by atoms with E-state index in [1.54, 1.807) is 0 Å². The maximum Gasteiger partial charge on any atom is 0.154 e. The standard InChI is InChI=1S/C12H18N6/c13-2-5-16-7-9-17(10-8-16)12-11-1-3-15-18(11)6-4-14-12/h1,3-4,6H,2,5,7-10,13H2. The van der Waals surface area contributed by atoms with E-state index in [0.29, 0.717) is 0 Å². The Hall–Kier alpha value is -1.66. The average molecular weight is 246 g/mol. The van der Waals surface area contributed by atoms with Crippen LogP contribution in [0.3, 0.4) is 0 Å². The first-order valence-electron chi connectivity index (χ1n) is 6.34. The molecule has 0 bridgehead atoms. The van der Waals surface area contributed by atoms with Crippen LogP contribution < -0.4 is 10.6 Å². The van der Waals surface area contributed by atoms with Crippen LogP contribution in [0.2, 0.25) is 0 Å². The fourth-order valence-electron chi connectivity index (χ4n) is 2.45. The largest absolute Gasteiger partial charge is 0.352 e. The Morgan fingerprint density at radius 3 is 2.78 bits per heavy atom. The summed E-state index contributed by atoms with van der Waals surface area (Å²) in [6, 6.07) is 2.01. The smallest absolute Gasteiger partial charge is 0.154 e. The van der Waals surface area contributed by atoms with Crippen LogP contribution in [0.15, 0.2) is 24.7 Å². The molecule has 0 saturated carbocycles. The summed E-state index contributed by atoms with van der Waals surface area (Å²) in [6.45, 7) is 5.81. The summed E-state index contributed by atoms with van der Waals surface area (Å²) in [5.74, 6) is 1.03. The Labute approximate surface area is 106 Å². The Balaban J connectivity index is 1.78. The summed E-state index contributed by atoms with van der Waals surface area (Å²) in [5.41, 5.74) is 6.66. The van der Waals surface area contributed by atoms with Crippen molar-refractivity contribution in [1.29, 1.82) is 0 Å². The molecule has 0 spiro atoms. The second kappa shape index (κ2) is 4.91. The van der Waals surface area contributed by atoms with Gasteiger partial charge in [0.05, 0.1) is 6.20 Å². The van der Waals surface area contributed by atoms with Crippen molar-refractivity contribution in [2.24, 2.45) is 5.73 Å². The van der Waals surface area contributed by atoms with Crippen molar-refractivity contribution in [2.45, 2.75) is 0 Å². The monoisotopic (exact) mass is 246 g/mol. The van der Waals surface area contributed by atoms with Gasteiger partial charge in [-0.25, -0.2) is 9.50 Å². The second-order valence-electron chi connectivity index (χ2n) is 4.53. The molecule has 0 aliphatic carbocycles. The van der Waals surface area contributed by atoms with Crippen LogP contribution in [-0.4, -0.2) is 58.8 Å². The molecule has 2 N–H and O–H groups in total. The topological polar surface area (TPSA) is 62.7 Å². The Morgan fingerprint density at radius 1 is 1.17 bits per heavy atom. The van der Waals surface area contributed by atoms with Crippen molar-refractivity contribution in [1.82, 2.24) is 19.5 Å². The predicted molar refractivity (Wildman–Crippen MR) is 70.7 cm³/mol. The van der Waals surface area contributed by atoms with Crippen molar-refractivity contribution < 1.29 is 0 Å². The van der Waals surface area contributed by atoms with E-state index in [4.69, 9.17) is 5.73 Å². The molecule has 18 heavy (non-hydrogen) atoms. The third-order valence-electron chi connectivity index (χ3n) is 3.42. The van der Waals surface area contributed by atoms with Crippen LogP contribution in [0.25, 0.3) is 5.52 Å². The first-order chi connectivity index (χ1) is 8.88. The number of nitrogens with zero attached hydrogens (tertiary/aromatic N) is 5. The lowest BCUT2D eigenvalue weighted by Gasteiger charge is -2.35. The number of fused-ring (bicyclic) bond motifs is 1. The highest BCUT2D eigenvalue weighted by Crippen LogP contribution is 2.19. The van der Waals surface area contributed by atoms with Gasteiger partial charge < -0.3 is 10.6 Å². The minimum Gasteiger partial charge on any atom is -0.352 e. The van der Waals surface area contributed by atoms with E-state index in [2.05, 4.69) is 19.9 Å². The van der Waals surface area contributed by atoms with E-state index in [1.165, 1.54) is 0 Å². The summed E-state index contributed by atoms with van der Waals surface area (Å²) in [4.78, 5) is 9.21. The third kappa shape index (κ3) is 2.04. The number of nitrogens with two attached hydrogens (primary N) is 1. The minimum atomic E-state index is 0.733. The number of rotatable bonds is 3. The molecule has 0 aromatic carbocycles. The molecule has 3 rings (SSSR count). The van der Waals surface area contributed by atoms with Crippen LogP contribution in [0.1, 0.15) is 0 Å². The summed E-state index contributed by atoms with van der Waals surface area (Å²) in [7, 11) is 0. The van der Waals surface area contributed by atoms with Crippen molar-refractivity contribution >= 4 is 11.3 Å². The molecule has 1 aliphatic heterocycles. The predicted octanol–water partition coefficient (Wildman–Crippen LogP) is -0.190. The Morgan fingerprint density at radius 2 is 2.00 bits per heavy atom. The lowest BCUT2D eigenvalue weighted by Crippen LogP contribution is -2.48. The number of piperazine rings is 1. The zero-order valence-corrected chi connectivity index (χ0v) is 10.4. The molecule has 1 saturated heterocycles. The van der Waals surface area contributed by atoms with Crippen LogP contribution in [0.4, 0.5) is 5.82 Å². The van der Waals surface area contributed by atoms with Gasteiger partial charge in [-0.2, -0.15) is 5.10 Å². The molecule has 3 heterocycles. The SMILES string of the molecule is NCCN1CCN(c2nccn3nccc23)CC1. The summed E-state index contributed by atoms with van der Waals surface area (Å²) in [5, 5.41) is 4.24. The van der Waals surface area contributed by atoms with Gasteiger partial charge in [0.25, 0.3) is 0 Å². The van der Waals surface area contributed by atoms with Gasteiger partial charge in [-0.3, -0.25) is 4.90 Å². The number of aromatic nitrogens is 3. The maximum atomic E-state index is 5.59. The van der Waals surface area contributed by atoms with E-state index < -0.39 is 0 Å². The van der Waals surface area contributed by atoms with E-state index in [1.807, 2.05) is 29.2 Å². The van der Waals surface area contributed by atoms with Gasteiger partial charge in [-0.05, 0) is 6.07 Å². The summed E-state index contributed by atoms with van der Waals surface area (Å²) >= 11 is 0. The average Bonchev–Trinajstić information content (AvgIpc) is 2.88. The zero-order valence-electron chi connectivity index (χ0n) is 10.4. The first kappa shape index (κ1) is 11.4.